The zero-order valence-electron chi connectivity index (χ0n) is 15.0. The van der Waals surface area contributed by atoms with Gasteiger partial charge in [-0.2, -0.15) is 0 Å². The first-order valence-corrected chi connectivity index (χ1v) is 9.15. The quantitative estimate of drug-likeness (QED) is 0.840. The number of pyridine rings is 2. The van der Waals surface area contributed by atoms with E-state index in [1.165, 1.54) is 0 Å². The van der Waals surface area contributed by atoms with Crippen molar-refractivity contribution in [2.75, 3.05) is 31.1 Å². The van der Waals surface area contributed by atoms with Gasteiger partial charge in [-0.25, -0.2) is 8.78 Å². The maximum Gasteiger partial charge on any atom is 0.257 e. The molecule has 2 fully saturated rings. The van der Waals surface area contributed by atoms with Crippen LogP contribution in [0.4, 0.5) is 14.5 Å². The minimum atomic E-state index is -2.64. The highest BCUT2D eigenvalue weighted by atomic mass is 19.3. The molecule has 0 radical (unpaired) electrons. The molecule has 0 amide bonds. The van der Waals surface area contributed by atoms with E-state index in [9.17, 15) is 8.78 Å². The fourth-order valence-electron chi connectivity index (χ4n) is 4.30. The Balaban J connectivity index is 1.52. The fourth-order valence-corrected chi connectivity index (χ4v) is 4.30. The number of aromatic nitrogens is 2. The van der Waals surface area contributed by atoms with Crippen LogP contribution in [0.5, 0.6) is 0 Å². The van der Waals surface area contributed by atoms with Gasteiger partial charge in [-0.15, -0.1) is 0 Å². The first kappa shape index (κ1) is 17.3. The van der Waals surface area contributed by atoms with Crippen LogP contribution in [0.2, 0.25) is 0 Å². The number of piperidine rings is 1. The summed E-state index contributed by atoms with van der Waals surface area (Å²) in [6.45, 7) is 4.44. The number of likely N-dealkylation sites (tertiary alicyclic amines) is 1. The van der Waals surface area contributed by atoms with Crippen molar-refractivity contribution in [1.82, 2.24) is 14.9 Å². The highest BCUT2D eigenvalue weighted by molar-refractivity contribution is 5.45. The van der Waals surface area contributed by atoms with Crippen LogP contribution in [0.3, 0.4) is 0 Å². The highest BCUT2D eigenvalue weighted by Gasteiger charge is 2.59. The lowest BCUT2D eigenvalue weighted by Gasteiger charge is -2.46. The van der Waals surface area contributed by atoms with E-state index in [1.54, 1.807) is 12.4 Å². The lowest BCUT2D eigenvalue weighted by Crippen LogP contribution is -2.56. The van der Waals surface area contributed by atoms with E-state index in [-0.39, 0.29) is 6.42 Å². The molecule has 0 aromatic carbocycles. The summed E-state index contributed by atoms with van der Waals surface area (Å²) in [6, 6.07) is 9.71. The molecule has 6 heteroatoms. The van der Waals surface area contributed by atoms with Gasteiger partial charge in [0.05, 0.1) is 23.0 Å². The van der Waals surface area contributed by atoms with Gasteiger partial charge in [-0.1, -0.05) is 6.07 Å². The average molecular weight is 358 g/mol. The van der Waals surface area contributed by atoms with Crippen molar-refractivity contribution in [1.29, 1.82) is 0 Å². The van der Waals surface area contributed by atoms with Crippen LogP contribution < -0.4 is 4.90 Å². The first-order valence-electron chi connectivity index (χ1n) is 9.15. The van der Waals surface area contributed by atoms with Crippen molar-refractivity contribution < 1.29 is 8.78 Å². The largest absolute Gasteiger partial charge is 0.369 e. The van der Waals surface area contributed by atoms with E-state index in [1.807, 2.05) is 37.3 Å². The Morgan fingerprint density at radius 1 is 1.08 bits per heavy atom. The molecule has 1 atom stereocenters. The zero-order chi connectivity index (χ0) is 18.2. The molecule has 4 rings (SSSR count). The molecule has 2 aromatic heterocycles. The molecule has 2 saturated heterocycles. The van der Waals surface area contributed by atoms with Gasteiger partial charge in [0.15, 0.2) is 0 Å². The maximum atomic E-state index is 14.9. The van der Waals surface area contributed by atoms with Gasteiger partial charge in [0.1, 0.15) is 0 Å². The summed E-state index contributed by atoms with van der Waals surface area (Å²) in [7, 11) is 0. The van der Waals surface area contributed by atoms with Gasteiger partial charge >= 0.3 is 0 Å². The zero-order valence-corrected chi connectivity index (χ0v) is 15.0. The SMILES string of the molecule is Cc1cccc(CN2CCC(F)(F)C3(CCN(c4cccnc4)C3)C2)n1. The second-order valence-electron chi connectivity index (χ2n) is 7.60. The lowest BCUT2D eigenvalue weighted by molar-refractivity contribution is -0.159. The van der Waals surface area contributed by atoms with Crippen molar-refractivity contribution in [3.8, 4) is 0 Å². The Hall–Kier alpha value is -2.08. The molecule has 1 unspecified atom stereocenters. The van der Waals surface area contributed by atoms with Crippen molar-refractivity contribution in [2.24, 2.45) is 5.41 Å². The summed E-state index contributed by atoms with van der Waals surface area (Å²) >= 11 is 0. The van der Waals surface area contributed by atoms with Crippen LogP contribution in [0.1, 0.15) is 24.2 Å². The first-order chi connectivity index (χ1) is 12.5. The minimum Gasteiger partial charge on any atom is -0.369 e. The van der Waals surface area contributed by atoms with Gasteiger partial charge in [0, 0.05) is 51.0 Å². The van der Waals surface area contributed by atoms with E-state index in [2.05, 4.69) is 19.8 Å². The molecule has 4 nitrogen and oxygen atoms in total. The summed E-state index contributed by atoms with van der Waals surface area (Å²) < 4.78 is 29.9. The lowest BCUT2D eigenvalue weighted by atomic mass is 9.75. The van der Waals surface area contributed by atoms with E-state index >= 15 is 0 Å². The van der Waals surface area contributed by atoms with Crippen molar-refractivity contribution in [3.63, 3.8) is 0 Å². The van der Waals surface area contributed by atoms with Crippen LogP contribution >= 0.6 is 0 Å². The van der Waals surface area contributed by atoms with Crippen LogP contribution in [0.15, 0.2) is 42.7 Å². The average Bonchev–Trinajstić information content (AvgIpc) is 3.05. The highest BCUT2D eigenvalue weighted by Crippen LogP contribution is 2.50. The van der Waals surface area contributed by atoms with Crippen molar-refractivity contribution >= 4 is 5.69 Å². The number of anilines is 1. The molecule has 0 saturated carbocycles. The van der Waals surface area contributed by atoms with Gasteiger partial charge in [0.2, 0.25) is 0 Å². The third kappa shape index (κ3) is 3.18. The van der Waals surface area contributed by atoms with Gasteiger partial charge in [0.25, 0.3) is 5.92 Å². The van der Waals surface area contributed by atoms with Crippen LogP contribution in [-0.4, -0.2) is 47.0 Å². The molecule has 0 aliphatic carbocycles. The third-order valence-corrected chi connectivity index (χ3v) is 5.74. The Labute approximate surface area is 152 Å². The van der Waals surface area contributed by atoms with Crippen LogP contribution in [0, 0.1) is 12.3 Å². The standard InChI is InChI=1S/C20H24F2N4/c1-16-4-2-5-17(24-16)13-25-10-8-20(21,22)19(14-25)7-11-26(15-19)18-6-3-9-23-12-18/h2-6,9,12H,7-8,10-11,13-15H2,1H3. The molecular formula is C20H24F2N4. The smallest absolute Gasteiger partial charge is 0.257 e. The Bertz CT molecular complexity index is 767. The fraction of sp³-hybridized carbons (Fsp3) is 0.500. The molecule has 138 valence electrons. The number of halogens is 2. The van der Waals surface area contributed by atoms with Crippen molar-refractivity contribution in [2.45, 2.75) is 32.2 Å². The molecule has 0 bridgehead atoms. The van der Waals surface area contributed by atoms with Crippen molar-refractivity contribution in [3.05, 3.63) is 54.1 Å². The molecule has 26 heavy (non-hydrogen) atoms. The summed E-state index contributed by atoms with van der Waals surface area (Å²) in [5.74, 6) is -2.64. The third-order valence-electron chi connectivity index (χ3n) is 5.74. The van der Waals surface area contributed by atoms with Gasteiger partial charge < -0.3 is 4.90 Å². The summed E-state index contributed by atoms with van der Waals surface area (Å²) in [6.07, 6.45) is 3.89. The summed E-state index contributed by atoms with van der Waals surface area (Å²) in [5, 5.41) is 0. The second-order valence-corrected chi connectivity index (χ2v) is 7.60. The molecule has 2 aliphatic heterocycles. The van der Waals surface area contributed by atoms with E-state index in [0.717, 1.165) is 17.1 Å². The molecule has 2 aromatic rings. The molecular weight excluding hydrogens is 334 g/mol. The maximum absolute atomic E-state index is 14.9. The monoisotopic (exact) mass is 358 g/mol. The van der Waals surface area contributed by atoms with E-state index < -0.39 is 11.3 Å². The summed E-state index contributed by atoms with van der Waals surface area (Å²) in [5.41, 5.74) is 1.85. The molecule has 2 aliphatic rings. The Kier molecular flexibility index (Phi) is 4.39. The number of hydrogen-bond donors (Lipinski definition) is 0. The number of hydrogen-bond acceptors (Lipinski definition) is 4. The van der Waals surface area contributed by atoms with Crippen LogP contribution in [0.25, 0.3) is 0 Å². The second kappa shape index (κ2) is 6.58. The summed E-state index contributed by atoms with van der Waals surface area (Å²) in [4.78, 5) is 12.9. The van der Waals surface area contributed by atoms with Gasteiger partial charge in [-0.05, 0) is 37.6 Å². The topological polar surface area (TPSA) is 32.3 Å². The Morgan fingerprint density at radius 2 is 1.96 bits per heavy atom. The Morgan fingerprint density at radius 3 is 2.73 bits per heavy atom. The molecule has 4 heterocycles. The number of alkyl halides is 2. The van der Waals surface area contributed by atoms with Gasteiger partial charge in [-0.3, -0.25) is 14.9 Å². The predicted octanol–water partition coefficient (Wildman–Crippen LogP) is 3.52. The molecule has 0 N–H and O–H groups in total. The number of nitrogens with zero attached hydrogens (tertiary/aromatic N) is 4. The minimum absolute atomic E-state index is 0.0836. The number of aryl methyl sites for hydroxylation is 1. The predicted molar refractivity (Wildman–Crippen MR) is 97.3 cm³/mol. The number of rotatable bonds is 3. The normalized spacial score (nSPS) is 25.7. The van der Waals surface area contributed by atoms with Crippen LogP contribution in [-0.2, 0) is 6.54 Å². The van der Waals surface area contributed by atoms with E-state index in [0.29, 0.717) is 39.1 Å². The molecule has 1 spiro atoms. The van der Waals surface area contributed by atoms with E-state index in [4.69, 9.17) is 0 Å².